The number of aryl methyl sites for hydroxylation is 1. The van der Waals surface area contributed by atoms with Crippen LogP contribution in [0.3, 0.4) is 0 Å². The molecule has 1 amide bonds. The fraction of sp³-hybridized carbons (Fsp3) is 0.161. The van der Waals surface area contributed by atoms with Crippen LogP contribution in [0.15, 0.2) is 65.2 Å². The average molecular weight is 615 g/mol. The number of rotatable bonds is 11. The summed E-state index contributed by atoms with van der Waals surface area (Å²) in [5, 5.41) is 10.7. The van der Waals surface area contributed by atoms with E-state index in [9.17, 15) is 4.79 Å². The topological polar surface area (TPSA) is 156 Å². The molecule has 3 aromatic carbocycles. The molecule has 0 radical (unpaired) electrons. The van der Waals surface area contributed by atoms with Crippen molar-refractivity contribution in [1.82, 2.24) is 15.1 Å². The maximum Gasteiger partial charge on any atom is 0.272 e. The van der Waals surface area contributed by atoms with Crippen molar-refractivity contribution in [3.8, 4) is 45.2 Å². The number of ether oxygens (including phenoxy) is 4. The Labute approximate surface area is 257 Å². The van der Waals surface area contributed by atoms with E-state index in [4.69, 9.17) is 29.2 Å². The molecule has 0 aliphatic rings. The summed E-state index contributed by atoms with van der Waals surface area (Å²) >= 11 is 1.24. The van der Waals surface area contributed by atoms with E-state index in [1.165, 1.54) is 24.5 Å². The molecule has 0 aliphatic carbocycles. The van der Waals surface area contributed by atoms with Gasteiger partial charge in [0.15, 0.2) is 16.6 Å². The van der Waals surface area contributed by atoms with E-state index in [2.05, 4.69) is 25.8 Å². The molecule has 5 aromatic rings. The third-order valence-corrected chi connectivity index (χ3v) is 7.46. The van der Waals surface area contributed by atoms with Gasteiger partial charge in [0.1, 0.15) is 16.4 Å². The van der Waals surface area contributed by atoms with Crippen molar-refractivity contribution in [2.45, 2.75) is 6.92 Å². The Morgan fingerprint density at radius 3 is 2.34 bits per heavy atom. The van der Waals surface area contributed by atoms with E-state index >= 15 is 0 Å². The van der Waals surface area contributed by atoms with E-state index in [0.717, 1.165) is 11.1 Å². The quantitative estimate of drug-likeness (QED) is 0.146. The van der Waals surface area contributed by atoms with Crippen molar-refractivity contribution in [2.24, 2.45) is 0 Å². The van der Waals surface area contributed by atoms with Gasteiger partial charge >= 0.3 is 0 Å². The highest BCUT2D eigenvalue weighted by Crippen LogP contribution is 2.42. The average Bonchev–Trinajstić information content (AvgIpc) is 3.66. The number of hydrogen-bond donors (Lipinski definition) is 3. The Morgan fingerprint density at radius 2 is 1.64 bits per heavy atom. The SMILES string of the molecule is COc1ccccc1C=CC(=O)Nc1ccc(C)c(-c2noc(-c3sc(Nc4cc(OC)c(OC)c(OC)c4)nc3N)n2)c1. The molecule has 2 aromatic heterocycles. The molecule has 4 N–H and O–H groups in total. The molecule has 12 nitrogen and oxygen atoms in total. The number of carbonyl (C=O) groups excluding carboxylic acids is 1. The highest BCUT2D eigenvalue weighted by molar-refractivity contribution is 7.19. The van der Waals surface area contributed by atoms with Crippen LogP contribution in [0, 0.1) is 6.92 Å². The minimum absolute atomic E-state index is 0.210. The maximum atomic E-state index is 12.6. The van der Waals surface area contributed by atoms with Crippen LogP contribution in [0.1, 0.15) is 11.1 Å². The number of methoxy groups -OCH3 is 4. The van der Waals surface area contributed by atoms with Gasteiger partial charge in [-0.05, 0) is 36.8 Å². The minimum atomic E-state index is -0.302. The maximum absolute atomic E-state index is 12.6. The first-order chi connectivity index (χ1) is 21.3. The molecule has 0 aliphatic heterocycles. The van der Waals surface area contributed by atoms with Crippen molar-refractivity contribution in [3.63, 3.8) is 0 Å². The lowest BCUT2D eigenvalue weighted by Crippen LogP contribution is -2.08. The summed E-state index contributed by atoms with van der Waals surface area (Å²) in [5.74, 6) is 2.59. The number of aromatic nitrogens is 3. The first-order valence-corrected chi connectivity index (χ1v) is 14.1. The Morgan fingerprint density at radius 1 is 0.909 bits per heavy atom. The van der Waals surface area contributed by atoms with Crippen molar-refractivity contribution in [1.29, 1.82) is 0 Å². The molecule has 226 valence electrons. The molecule has 0 saturated carbocycles. The lowest BCUT2D eigenvalue weighted by Gasteiger charge is -2.14. The molecule has 0 bridgehead atoms. The molecule has 5 rings (SSSR count). The Bertz CT molecular complexity index is 1810. The van der Waals surface area contributed by atoms with Gasteiger partial charge in [0.25, 0.3) is 5.89 Å². The second kappa shape index (κ2) is 13.2. The molecule has 0 unspecified atom stereocenters. The van der Waals surface area contributed by atoms with Crippen molar-refractivity contribution < 1.29 is 28.3 Å². The number of hydrogen-bond acceptors (Lipinski definition) is 12. The smallest absolute Gasteiger partial charge is 0.272 e. The number of nitrogens with two attached hydrogens (primary N) is 1. The largest absolute Gasteiger partial charge is 0.496 e. The van der Waals surface area contributed by atoms with Crippen LogP contribution < -0.4 is 35.3 Å². The third kappa shape index (κ3) is 6.42. The van der Waals surface area contributed by atoms with Gasteiger partial charge in [0.05, 0.1) is 28.4 Å². The second-order valence-electron chi connectivity index (χ2n) is 9.29. The van der Waals surface area contributed by atoms with Gasteiger partial charge in [0.2, 0.25) is 17.5 Å². The highest BCUT2D eigenvalue weighted by Gasteiger charge is 2.20. The number of nitrogens with one attached hydrogen (secondary N) is 2. The van der Waals surface area contributed by atoms with E-state index in [0.29, 0.717) is 55.8 Å². The van der Waals surface area contributed by atoms with E-state index in [-0.39, 0.29) is 17.6 Å². The van der Waals surface area contributed by atoms with Crippen LogP contribution in [0.2, 0.25) is 0 Å². The molecule has 0 saturated heterocycles. The summed E-state index contributed by atoms with van der Waals surface area (Å²) in [6.07, 6.45) is 3.14. The number of nitrogen functional groups attached to an aromatic ring is 1. The van der Waals surface area contributed by atoms with Crippen LogP contribution in [-0.4, -0.2) is 49.5 Å². The normalized spacial score (nSPS) is 10.9. The molecule has 44 heavy (non-hydrogen) atoms. The standard InChI is InChI=1S/C31H30N6O6S/c1-17-10-12-19(33-25(38)13-11-18-8-6-7-9-22(18)39-2)14-21(17)29-36-30(43-37-29)27-28(32)35-31(44-27)34-20-15-23(40-3)26(42-5)24(16-20)41-4/h6-16H,32H2,1-5H3,(H,33,38)(H,34,35). The highest BCUT2D eigenvalue weighted by atomic mass is 32.1. The summed E-state index contributed by atoms with van der Waals surface area (Å²) in [6, 6.07) is 16.4. The molecule has 13 heteroatoms. The van der Waals surface area contributed by atoms with Crippen LogP contribution in [0.4, 0.5) is 22.3 Å². The van der Waals surface area contributed by atoms with Gasteiger partial charge in [-0.15, -0.1) is 0 Å². The Hall–Kier alpha value is -5.56. The summed E-state index contributed by atoms with van der Waals surface area (Å²) in [4.78, 5) is 22.1. The molecule has 0 spiro atoms. The zero-order chi connectivity index (χ0) is 31.2. The molecule has 2 heterocycles. The number of benzene rings is 3. The van der Waals surface area contributed by atoms with Crippen LogP contribution in [0.5, 0.6) is 23.0 Å². The number of amides is 1. The molecule has 0 fully saturated rings. The number of para-hydroxylation sites is 1. The molecular formula is C31H30N6O6S. The minimum Gasteiger partial charge on any atom is -0.496 e. The zero-order valence-corrected chi connectivity index (χ0v) is 25.4. The predicted octanol–water partition coefficient (Wildman–Crippen LogP) is 6.18. The summed E-state index contributed by atoms with van der Waals surface area (Å²) < 4.78 is 27.1. The zero-order valence-electron chi connectivity index (χ0n) is 24.6. The van der Waals surface area contributed by atoms with Crippen LogP contribution in [0.25, 0.3) is 28.2 Å². The van der Waals surface area contributed by atoms with Crippen LogP contribution in [-0.2, 0) is 4.79 Å². The lowest BCUT2D eigenvalue weighted by atomic mass is 10.1. The lowest BCUT2D eigenvalue weighted by molar-refractivity contribution is -0.111. The van der Waals surface area contributed by atoms with Crippen LogP contribution >= 0.6 is 11.3 Å². The summed E-state index contributed by atoms with van der Waals surface area (Å²) in [6.45, 7) is 1.92. The second-order valence-corrected chi connectivity index (χ2v) is 10.3. The predicted molar refractivity (Wildman–Crippen MR) is 170 cm³/mol. The Kier molecular flexibility index (Phi) is 8.95. The van der Waals surface area contributed by atoms with Crippen molar-refractivity contribution in [2.75, 3.05) is 44.8 Å². The summed E-state index contributed by atoms with van der Waals surface area (Å²) in [7, 11) is 6.20. The van der Waals surface area contributed by atoms with Gasteiger partial charge in [-0.3, -0.25) is 4.79 Å². The number of nitrogens with zero attached hydrogens (tertiary/aromatic N) is 3. The fourth-order valence-electron chi connectivity index (χ4n) is 4.33. The number of thiazole rings is 1. The molecular weight excluding hydrogens is 584 g/mol. The first kappa shape index (κ1) is 29.9. The number of carbonyl (C=O) groups is 1. The summed E-state index contributed by atoms with van der Waals surface area (Å²) in [5.41, 5.74) is 9.82. The third-order valence-electron chi connectivity index (χ3n) is 6.49. The molecule has 0 atom stereocenters. The van der Waals surface area contributed by atoms with Crippen molar-refractivity contribution in [3.05, 3.63) is 71.8 Å². The van der Waals surface area contributed by atoms with Gasteiger partial charge in [-0.25, -0.2) is 4.98 Å². The van der Waals surface area contributed by atoms with E-state index in [1.807, 2.05) is 37.3 Å². The fourth-order valence-corrected chi connectivity index (χ4v) is 5.16. The van der Waals surface area contributed by atoms with Gasteiger partial charge in [-0.1, -0.05) is 40.8 Å². The van der Waals surface area contributed by atoms with E-state index in [1.54, 1.807) is 51.7 Å². The van der Waals surface area contributed by atoms with Gasteiger partial charge in [0, 0.05) is 40.7 Å². The first-order valence-electron chi connectivity index (χ1n) is 13.2. The monoisotopic (exact) mass is 614 g/mol. The van der Waals surface area contributed by atoms with Crippen molar-refractivity contribution >= 4 is 45.6 Å². The Balaban J connectivity index is 1.33. The number of anilines is 4. The van der Waals surface area contributed by atoms with E-state index < -0.39 is 0 Å². The van der Waals surface area contributed by atoms with Gasteiger partial charge in [-0.2, -0.15) is 4.98 Å². The van der Waals surface area contributed by atoms with Gasteiger partial charge < -0.3 is 39.8 Å².